The lowest BCUT2D eigenvalue weighted by atomic mass is 10.1. The van der Waals surface area contributed by atoms with Gasteiger partial charge in [-0.25, -0.2) is 4.98 Å². The van der Waals surface area contributed by atoms with Crippen molar-refractivity contribution in [2.75, 3.05) is 6.61 Å². The van der Waals surface area contributed by atoms with Crippen LogP contribution in [-0.2, 0) is 10.3 Å². The Balaban J connectivity index is 2.17. The SMILES string of the molecule is CC(C)OCC(C)(N)c1noc(-c2ccc(Br)cn2)n1. The predicted molar refractivity (Wildman–Crippen MR) is 77.9 cm³/mol. The molecular weight excluding hydrogens is 324 g/mol. The molecule has 2 heterocycles. The Bertz CT molecular complexity index is 566. The number of ether oxygens (including phenoxy) is 1. The van der Waals surface area contributed by atoms with E-state index in [4.69, 9.17) is 15.0 Å². The van der Waals surface area contributed by atoms with Gasteiger partial charge in [0.2, 0.25) is 0 Å². The van der Waals surface area contributed by atoms with Crippen LogP contribution in [0.15, 0.2) is 27.3 Å². The summed E-state index contributed by atoms with van der Waals surface area (Å²) in [6.07, 6.45) is 1.76. The van der Waals surface area contributed by atoms with E-state index in [2.05, 4.69) is 31.1 Å². The van der Waals surface area contributed by atoms with E-state index in [1.165, 1.54) is 0 Å². The number of pyridine rings is 1. The van der Waals surface area contributed by atoms with Gasteiger partial charge in [-0.3, -0.25) is 0 Å². The van der Waals surface area contributed by atoms with Gasteiger partial charge in [-0.1, -0.05) is 5.16 Å². The van der Waals surface area contributed by atoms with Crippen molar-refractivity contribution in [2.45, 2.75) is 32.4 Å². The van der Waals surface area contributed by atoms with Crippen LogP contribution in [0.1, 0.15) is 26.6 Å². The van der Waals surface area contributed by atoms with Gasteiger partial charge in [0.05, 0.1) is 12.7 Å². The molecule has 0 fully saturated rings. The summed E-state index contributed by atoms with van der Waals surface area (Å²) in [5, 5.41) is 3.92. The van der Waals surface area contributed by atoms with Crippen LogP contribution in [0, 0.1) is 0 Å². The molecule has 0 amide bonds. The maximum Gasteiger partial charge on any atom is 0.276 e. The average Bonchev–Trinajstić information content (AvgIpc) is 2.88. The zero-order valence-corrected chi connectivity index (χ0v) is 13.2. The monoisotopic (exact) mass is 340 g/mol. The first-order chi connectivity index (χ1) is 9.38. The molecule has 0 spiro atoms. The van der Waals surface area contributed by atoms with Gasteiger partial charge in [0.15, 0.2) is 5.82 Å². The summed E-state index contributed by atoms with van der Waals surface area (Å²) in [4.78, 5) is 8.50. The van der Waals surface area contributed by atoms with E-state index >= 15 is 0 Å². The fourth-order valence-corrected chi connectivity index (χ4v) is 1.70. The Labute approximate surface area is 125 Å². The van der Waals surface area contributed by atoms with Gasteiger partial charge < -0.3 is 15.0 Å². The second-order valence-corrected chi connectivity index (χ2v) is 5.98. The van der Waals surface area contributed by atoms with Crippen LogP contribution in [0.25, 0.3) is 11.6 Å². The van der Waals surface area contributed by atoms with Gasteiger partial charge in [-0.2, -0.15) is 4.98 Å². The molecule has 7 heteroatoms. The van der Waals surface area contributed by atoms with Gasteiger partial charge in [-0.05, 0) is 48.8 Å². The molecule has 0 aliphatic heterocycles. The highest BCUT2D eigenvalue weighted by atomic mass is 79.9. The quantitative estimate of drug-likeness (QED) is 0.899. The van der Waals surface area contributed by atoms with Gasteiger partial charge in [-0.15, -0.1) is 0 Å². The summed E-state index contributed by atoms with van der Waals surface area (Å²) >= 11 is 3.32. The number of hydrogen-bond donors (Lipinski definition) is 1. The maximum absolute atomic E-state index is 6.16. The van der Waals surface area contributed by atoms with Crippen molar-refractivity contribution in [3.05, 3.63) is 28.6 Å². The molecule has 1 atom stereocenters. The first-order valence-corrected chi connectivity index (χ1v) is 7.04. The summed E-state index contributed by atoms with van der Waals surface area (Å²) in [5.74, 6) is 0.742. The third kappa shape index (κ3) is 3.62. The first kappa shape index (κ1) is 15.1. The molecule has 0 aliphatic rings. The zero-order chi connectivity index (χ0) is 14.8. The van der Waals surface area contributed by atoms with Crippen LogP contribution in [0.4, 0.5) is 0 Å². The maximum atomic E-state index is 6.16. The van der Waals surface area contributed by atoms with Crippen molar-refractivity contribution in [2.24, 2.45) is 5.73 Å². The van der Waals surface area contributed by atoms with Crippen LogP contribution in [0.5, 0.6) is 0 Å². The van der Waals surface area contributed by atoms with Crippen molar-refractivity contribution in [3.63, 3.8) is 0 Å². The topological polar surface area (TPSA) is 87.1 Å². The lowest BCUT2D eigenvalue weighted by molar-refractivity contribution is 0.0410. The summed E-state index contributed by atoms with van der Waals surface area (Å²) in [6.45, 7) is 6.02. The Kier molecular flexibility index (Phi) is 4.52. The molecule has 0 saturated heterocycles. The molecule has 0 aromatic carbocycles. The number of aromatic nitrogens is 3. The molecule has 2 N–H and O–H groups in total. The van der Waals surface area contributed by atoms with Crippen molar-refractivity contribution in [1.29, 1.82) is 0 Å². The van der Waals surface area contributed by atoms with Gasteiger partial charge in [0, 0.05) is 10.7 Å². The van der Waals surface area contributed by atoms with E-state index in [0.29, 0.717) is 24.0 Å². The van der Waals surface area contributed by atoms with Gasteiger partial charge in [0.1, 0.15) is 11.2 Å². The molecule has 0 saturated carbocycles. The molecule has 0 radical (unpaired) electrons. The van der Waals surface area contributed by atoms with E-state index in [0.717, 1.165) is 4.47 Å². The molecular formula is C13H17BrN4O2. The minimum absolute atomic E-state index is 0.0948. The lowest BCUT2D eigenvalue weighted by Crippen LogP contribution is -2.40. The number of rotatable bonds is 5. The fraction of sp³-hybridized carbons (Fsp3) is 0.462. The highest BCUT2D eigenvalue weighted by molar-refractivity contribution is 9.10. The highest BCUT2D eigenvalue weighted by Gasteiger charge is 2.28. The van der Waals surface area contributed by atoms with Crippen LogP contribution in [-0.4, -0.2) is 27.8 Å². The summed E-state index contributed by atoms with van der Waals surface area (Å²) in [7, 11) is 0. The lowest BCUT2D eigenvalue weighted by Gasteiger charge is -2.21. The normalized spacial score (nSPS) is 14.5. The second-order valence-electron chi connectivity index (χ2n) is 5.06. The minimum atomic E-state index is -0.804. The van der Waals surface area contributed by atoms with Crippen molar-refractivity contribution < 1.29 is 9.26 Å². The van der Waals surface area contributed by atoms with E-state index < -0.39 is 5.54 Å². The zero-order valence-electron chi connectivity index (χ0n) is 11.6. The van der Waals surface area contributed by atoms with E-state index in [9.17, 15) is 0 Å². The Morgan fingerprint density at radius 2 is 2.20 bits per heavy atom. The number of halogens is 1. The van der Waals surface area contributed by atoms with E-state index in [1.54, 1.807) is 19.2 Å². The predicted octanol–water partition coefficient (Wildman–Crippen LogP) is 2.49. The van der Waals surface area contributed by atoms with Crippen LogP contribution >= 0.6 is 15.9 Å². The minimum Gasteiger partial charge on any atom is -0.376 e. The van der Waals surface area contributed by atoms with Gasteiger partial charge >= 0.3 is 0 Å². The molecule has 20 heavy (non-hydrogen) atoms. The molecule has 108 valence electrons. The highest BCUT2D eigenvalue weighted by Crippen LogP contribution is 2.21. The molecule has 6 nitrogen and oxygen atoms in total. The Morgan fingerprint density at radius 3 is 2.80 bits per heavy atom. The summed E-state index contributed by atoms with van der Waals surface area (Å²) < 4.78 is 11.6. The number of hydrogen-bond acceptors (Lipinski definition) is 6. The number of nitrogens with two attached hydrogens (primary N) is 1. The van der Waals surface area contributed by atoms with Crippen molar-refractivity contribution in [3.8, 4) is 11.6 Å². The summed E-state index contributed by atoms with van der Waals surface area (Å²) in [5.41, 5.74) is 5.96. The average molecular weight is 341 g/mol. The van der Waals surface area contributed by atoms with Gasteiger partial charge in [0.25, 0.3) is 5.89 Å². The van der Waals surface area contributed by atoms with Crippen LogP contribution in [0.3, 0.4) is 0 Å². The molecule has 1 unspecified atom stereocenters. The molecule has 2 aromatic rings. The number of nitrogens with zero attached hydrogens (tertiary/aromatic N) is 3. The molecule has 2 aromatic heterocycles. The Morgan fingerprint density at radius 1 is 1.45 bits per heavy atom. The first-order valence-electron chi connectivity index (χ1n) is 6.25. The third-order valence-corrected chi connectivity index (χ3v) is 3.07. The third-order valence-electron chi connectivity index (χ3n) is 2.60. The largest absolute Gasteiger partial charge is 0.376 e. The Hall–Kier alpha value is -1.31. The van der Waals surface area contributed by atoms with Crippen molar-refractivity contribution in [1.82, 2.24) is 15.1 Å². The van der Waals surface area contributed by atoms with Crippen LogP contribution in [0.2, 0.25) is 0 Å². The molecule has 0 bridgehead atoms. The van der Waals surface area contributed by atoms with E-state index in [1.807, 2.05) is 19.9 Å². The summed E-state index contributed by atoms with van der Waals surface area (Å²) in [6, 6.07) is 3.65. The van der Waals surface area contributed by atoms with Crippen molar-refractivity contribution >= 4 is 15.9 Å². The standard InChI is InChI=1S/C13H17BrN4O2/c1-8(2)19-7-13(3,15)12-17-11(20-18-12)10-5-4-9(14)6-16-10/h4-6,8H,7,15H2,1-3H3. The fourth-order valence-electron chi connectivity index (χ4n) is 1.47. The molecule has 0 aliphatic carbocycles. The second kappa shape index (κ2) is 5.99. The molecule has 2 rings (SSSR count). The van der Waals surface area contributed by atoms with E-state index in [-0.39, 0.29) is 6.10 Å². The van der Waals surface area contributed by atoms with Crippen LogP contribution < -0.4 is 5.73 Å². The smallest absolute Gasteiger partial charge is 0.276 e.